The van der Waals surface area contributed by atoms with E-state index in [9.17, 15) is 4.79 Å². The molecule has 0 spiro atoms. The van der Waals surface area contributed by atoms with Crippen LogP contribution in [0.2, 0.25) is 0 Å². The van der Waals surface area contributed by atoms with Crippen LogP contribution >= 0.6 is 0 Å². The Kier molecular flexibility index (Phi) is 7.29. The lowest BCUT2D eigenvalue weighted by molar-refractivity contribution is -0.130. The monoisotopic (exact) mass is 415 g/mol. The van der Waals surface area contributed by atoms with Crippen LogP contribution in [0.1, 0.15) is 23.1 Å². The molecule has 1 aliphatic rings. The first-order valence-corrected chi connectivity index (χ1v) is 10.9. The first-order valence-electron chi connectivity index (χ1n) is 10.9. The molecule has 0 unspecified atom stereocenters. The van der Waals surface area contributed by atoms with Crippen molar-refractivity contribution in [2.24, 2.45) is 0 Å². The van der Waals surface area contributed by atoms with Crippen LogP contribution in [-0.2, 0) is 24.4 Å². The Morgan fingerprint density at radius 2 is 1.58 bits per heavy atom. The molecule has 1 fully saturated rings. The molecular formula is C26H29N3O2. The van der Waals surface area contributed by atoms with Gasteiger partial charge in [-0.2, -0.15) is 0 Å². The summed E-state index contributed by atoms with van der Waals surface area (Å²) in [4.78, 5) is 21.4. The molecule has 0 aliphatic carbocycles. The van der Waals surface area contributed by atoms with Gasteiger partial charge in [-0.25, -0.2) is 0 Å². The predicted octanol–water partition coefficient (Wildman–Crippen LogP) is 3.94. The molecule has 0 atom stereocenters. The van der Waals surface area contributed by atoms with Crippen molar-refractivity contribution in [3.05, 3.63) is 95.8 Å². The predicted molar refractivity (Wildman–Crippen MR) is 122 cm³/mol. The smallest absolute Gasteiger partial charge is 0.227 e. The van der Waals surface area contributed by atoms with Crippen molar-refractivity contribution < 1.29 is 9.53 Å². The third kappa shape index (κ3) is 6.40. The lowest BCUT2D eigenvalue weighted by atomic mass is 10.1. The van der Waals surface area contributed by atoms with E-state index in [0.717, 1.165) is 56.0 Å². The third-order valence-electron chi connectivity index (χ3n) is 5.62. The molecule has 0 radical (unpaired) electrons. The van der Waals surface area contributed by atoms with E-state index in [0.29, 0.717) is 13.0 Å². The zero-order valence-corrected chi connectivity index (χ0v) is 17.8. The molecule has 3 aromatic rings. The lowest BCUT2D eigenvalue weighted by Gasteiger charge is -2.22. The van der Waals surface area contributed by atoms with Gasteiger partial charge in [-0.15, -0.1) is 0 Å². The maximum absolute atomic E-state index is 12.8. The van der Waals surface area contributed by atoms with Gasteiger partial charge in [0.2, 0.25) is 5.91 Å². The van der Waals surface area contributed by atoms with Gasteiger partial charge in [0.25, 0.3) is 0 Å². The lowest BCUT2D eigenvalue weighted by Crippen LogP contribution is -2.36. The molecule has 0 bridgehead atoms. The van der Waals surface area contributed by atoms with Gasteiger partial charge in [0.15, 0.2) is 0 Å². The second-order valence-corrected chi connectivity index (χ2v) is 7.96. The zero-order valence-electron chi connectivity index (χ0n) is 17.8. The quantitative estimate of drug-likeness (QED) is 0.586. The number of ether oxygens (including phenoxy) is 1. The summed E-state index contributed by atoms with van der Waals surface area (Å²) < 4.78 is 5.84. The fraction of sp³-hybridized carbons (Fsp3) is 0.308. The Hall–Kier alpha value is -3.18. The number of carbonyl (C=O) groups excluding carboxylic acids is 1. The Balaban J connectivity index is 1.25. The van der Waals surface area contributed by atoms with Crippen LogP contribution in [0.25, 0.3) is 0 Å². The first-order chi connectivity index (χ1) is 15.3. The van der Waals surface area contributed by atoms with Crippen LogP contribution in [0.3, 0.4) is 0 Å². The molecule has 1 amide bonds. The molecular weight excluding hydrogens is 386 g/mol. The van der Waals surface area contributed by atoms with E-state index in [1.807, 2.05) is 71.9 Å². The number of nitrogens with zero attached hydrogens (tertiary/aromatic N) is 3. The highest BCUT2D eigenvalue weighted by Crippen LogP contribution is 2.16. The average molecular weight is 416 g/mol. The molecule has 2 heterocycles. The number of hydrogen-bond donors (Lipinski definition) is 0. The maximum atomic E-state index is 12.8. The van der Waals surface area contributed by atoms with E-state index >= 15 is 0 Å². The van der Waals surface area contributed by atoms with Gasteiger partial charge in [0.05, 0.1) is 6.42 Å². The molecule has 0 saturated carbocycles. The highest BCUT2D eigenvalue weighted by molar-refractivity contribution is 5.78. The van der Waals surface area contributed by atoms with E-state index in [1.54, 1.807) is 0 Å². The van der Waals surface area contributed by atoms with Crippen molar-refractivity contribution in [2.75, 3.05) is 26.2 Å². The molecule has 2 aromatic carbocycles. The largest absolute Gasteiger partial charge is 0.489 e. The van der Waals surface area contributed by atoms with Crippen molar-refractivity contribution in [3.63, 3.8) is 0 Å². The van der Waals surface area contributed by atoms with Crippen LogP contribution in [0.5, 0.6) is 5.75 Å². The number of hydrogen-bond acceptors (Lipinski definition) is 4. The van der Waals surface area contributed by atoms with E-state index < -0.39 is 0 Å². The Bertz CT molecular complexity index is 945. The summed E-state index contributed by atoms with van der Waals surface area (Å²) in [5.41, 5.74) is 3.43. The van der Waals surface area contributed by atoms with Crippen LogP contribution in [0.15, 0.2) is 79.1 Å². The highest BCUT2D eigenvalue weighted by atomic mass is 16.5. The SMILES string of the molecule is O=C(Cc1ccc(OCc2ccccc2)cc1)N1CCCN(Cc2ccncc2)CC1. The molecule has 0 N–H and O–H groups in total. The third-order valence-corrected chi connectivity index (χ3v) is 5.62. The number of pyridine rings is 1. The number of benzene rings is 2. The normalized spacial score (nSPS) is 14.8. The Labute approximate surface area is 184 Å². The van der Waals surface area contributed by atoms with Gasteiger partial charge >= 0.3 is 0 Å². The van der Waals surface area contributed by atoms with Crippen LogP contribution in [0, 0.1) is 0 Å². The van der Waals surface area contributed by atoms with E-state index in [1.165, 1.54) is 5.56 Å². The summed E-state index contributed by atoms with van der Waals surface area (Å²) in [6.45, 7) is 4.98. The minimum Gasteiger partial charge on any atom is -0.489 e. The minimum absolute atomic E-state index is 0.198. The summed E-state index contributed by atoms with van der Waals surface area (Å²) >= 11 is 0. The van der Waals surface area contributed by atoms with E-state index in [4.69, 9.17) is 4.74 Å². The fourth-order valence-electron chi connectivity index (χ4n) is 3.86. The molecule has 5 nitrogen and oxygen atoms in total. The first kappa shape index (κ1) is 21.1. The molecule has 160 valence electrons. The topological polar surface area (TPSA) is 45.7 Å². The molecule has 1 aliphatic heterocycles. The summed E-state index contributed by atoms with van der Waals surface area (Å²) in [5.74, 6) is 1.02. The average Bonchev–Trinajstić information content (AvgIpc) is 3.06. The summed E-state index contributed by atoms with van der Waals surface area (Å²) in [6.07, 6.45) is 5.11. The molecule has 31 heavy (non-hydrogen) atoms. The number of carbonyl (C=O) groups is 1. The van der Waals surface area contributed by atoms with E-state index in [2.05, 4.69) is 22.0 Å². The van der Waals surface area contributed by atoms with Crippen molar-refractivity contribution in [2.45, 2.75) is 26.0 Å². The minimum atomic E-state index is 0.198. The Morgan fingerprint density at radius 3 is 2.35 bits per heavy atom. The van der Waals surface area contributed by atoms with Crippen molar-refractivity contribution >= 4 is 5.91 Å². The molecule has 4 rings (SSSR count). The van der Waals surface area contributed by atoms with Gasteiger partial charge in [-0.1, -0.05) is 42.5 Å². The number of amides is 1. The van der Waals surface area contributed by atoms with Crippen LogP contribution in [-0.4, -0.2) is 46.9 Å². The molecule has 5 heteroatoms. The summed E-state index contributed by atoms with van der Waals surface area (Å²) in [5, 5.41) is 0. The number of aromatic nitrogens is 1. The van der Waals surface area contributed by atoms with E-state index in [-0.39, 0.29) is 5.91 Å². The van der Waals surface area contributed by atoms with Gasteiger partial charge in [-0.05, 0) is 47.4 Å². The molecule has 1 aromatic heterocycles. The van der Waals surface area contributed by atoms with Crippen LogP contribution in [0.4, 0.5) is 0 Å². The standard InChI is InChI=1S/C26H29N3O2/c30-26(29-16-4-15-28(17-18-29)20-23-11-13-27-14-12-23)19-22-7-9-25(10-8-22)31-21-24-5-2-1-3-6-24/h1-3,5-14H,4,15-21H2. The zero-order chi connectivity index (χ0) is 21.3. The summed E-state index contributed by atoms with van der Waals surface area (Å²) in [7, 11) is 0. The second-order valence-electron chi connectivity index (χ2n) is 7.96. The van der Waals surface area contributed by atoms with Crippen molar-refractivity contribution in [1.29, 1.82) is 0 Å². The van der Waals surface area contributed by atoms with Gasteiger partial charge in [0, 0.05) is 45.1 Å². The highest BCUT2D eigenvalue weighted by Gasteiger charge is 2.19. The Morgan fingerprint density at radius 1 is 0.806 bits per heavy atom. The number of rotatable bonds is 7. The van der Waals surface area contributed by atoms with Crippen molar-refractivity contribution in [1.82, 2.24) is 14.8 Å². The fourth-order valence-corrected chi connectivity index (χ4v) is 3.86. The summed E-state index contributed by atoms with van der Waals surface area (Å²) in [6, 6.07) is 22.1. The second kappa shape index (κ2) is 10.7. The van der Waals surface area contributed by atoms with Crippen molar-refractivity contribution in [3.8, 4) is 5.75 Å². The van der Waals surface area contributed by atoms with Crippen LogP contribution < -0.4 is 4.74 Å². The molecule has 1 saturated heterocycles. The van der Waals surface area contributed by atoms with Gasteiger partial charge in [-0.3, -0.25) is 14.7 Å². The maximum Gasteiger partial charge on any atom is 0.227 e. The van der Waals surface area contributed by atoms with Gasteiger partial charge < -0.3 is 9.64 Å². The van der Waals surface area contributed by atoms with Gasteiger partial charge in [0.1, 0.15) is 12.4 Å².